The van der Waals surface area contributed by atoms with E-state index in [4.69, 9.17) is 15.2 Å². The van der Waals surface area contributed by atoms with Crippen LogP contribution in [0.2, 0.25) is 0 Å². The van der Waals surface area contributed by atoms with Crippen LogP contribution in [0.5, 0.6) is 0 Å². The molecule has 0 bridgehead atoms. The number of rotatable bonds is 2. The first-order valence-electron chi connectivity index (χ1n) is 9.68. The second-order valence-corrected chi connectivity index (χ2v) is 7.19. The molecule has 2 fully saturated rings. The molecular weight excluding hydrogens is 391 g/mol. The van der Waals surface area contributed by atoms with Crippen LogP contribution in [0.15, 0.2) is 28.4 Å². The molecule has 12 heteroatoms. The van der Waals surface area contributed by atoms with Gasteiger partial charge in [-0.3, -0.25) is 10.2 Å². The van der Waals surface area contributed by atoms with Crippen molar-refractivity contribution in [3.8, 4) is 0 Å². The predicted molar refractivity (Wildman–Crippen MR) is 99.4 cm³/mol. The zero-order valence-electron chi connectivity index (χ0n) is 15.9. The molecule has 3 atom stereocenters. The molecule has 4 heterocycles. The highest BCUT2D eigenvalue weighted by Crippen LogP contribution is 2.35. The van der Waals surface area contributed by atoms with E-state index in [1.807, 2.05) is 4.90 Å². The Balaban J connectivity index is 1.63. The van der Waals surface area contributed by atoms with Gasteiger partial charge >= 0.3 is 6.18 Å². The first-order chi connectivity index (χ1) is 13.9. The Hall–Kier alpha value is -1.86. The fourth-order valence-electron chi connectivity index (χ4n) is 3.72. The molecule has 9 nitrogen and oxygen atoms in total. The Kier molecular flexibility index (Phi) is 5.97. The zero-order valence-corrected chi connectivity index (χ0v) is 15.9. The summed E-state index contributed by atoms with van der Waals surface area (Å²) in [7, 11) is 0. The quantitative estimate of drug-likeness (QED) is 0.458. The lowest BCUT2D eigenvalue weighted by molar-refractivity contribution is -0.0908. The van der Waals surface area contributed by atoms with Gasteiger partial charge in [0.05, 0.1) is 38.2 Å². The molecule has 4 aliphatic rings. The van der Waals surface area contributed by atoms with Gasteiger partial charge < -0.3 is 30.7 Å². The number of dihydropyridines is 1. The third kappa shape index (κ3) is 4.67. The van der Waals surface area contributed by atoms with Gasteiger partial charge in [-0.2, -0.15) is 13.2 Å². The molecule has 4 rings (SSSR count). The Bertz CT molecular complexity index is 685. The average molecular weight is 417 g/mol. The molecule has 4 aliphatic heterocycles. The van der Waals surface area contributed by atoms with Crippen LogP contribution in [0, 0.1) is 0 Å². The van der Waals surface area contributed by atoms with Crippen molar-refractivity contribution in [2.45, 2.75) is 24.8 Å². The van der Waals surface area contributed by atoms with Crippen molar-refractivity contribution in [2.75, 3.05) is 52.6 Å². The number of ether oxygens (including phenoxy) is 2. The fraction of sp³-hybridized carbons (Fsp3) is 0.706. The number of halogens is 3. The van der Waals surface area contributed by atoms with Crippen LogP contribution in [-0.4, -0.2) is 93.2 Å². The highest BCUT2D eigenvalue weighted by Gasteiger charge is 2.42. The summed E-state index contributed by atoms with van der Waals surface area (Å²) < 4.78 is 51.8. The fourth-order valence-corrected chi connectivity index (χ4v) is 3.72. The molecule has 0 aromatic rings. The minimum atomic E-state index is -4.53. The minimum Gasteiger partial charge on any atom is -0.379 e. The van der Waals surface area contributed by atoms with Crippen molar-refractivity contribution in [1.82, 2.24) is 25.8 Å². The molecule has 29 heavy (non-hydrogen) atoms. The maximum atomic E-state index is 13.7. The van der Waals surface area contributed by atoms with Crippen molar-refractivity contribution < 1.29 is 22.6 Å². The van der Waals surface area contributed by atoms with Gasteiger partial charge in [0, 0.05) is 38.0 Å². The standard InChI is InChI=1S/C17H26F3N7O2/c18-17(19,20)12-9-13(21)22-10-11(12)14-23-15(26-1-5-28-6-2-26)25-16(24-14)27-3-7-29-8-4-27/h9-10,13-15,22-23H,1-8,21H2,(H,24,25). The second-order valence-electron chi connectivity index (χ2n) is 7.19. The van der Waals surface area contributed by atoms with E-state index >= 15 is 0 Å². The Labute approximate surface area is 166 Å². The molecule has 3 unspecified atom stereocenters. The lowest BCUT2D eigenvalue weighted by Gasteiger charge is -2.43. The summed E-state index contributed by atoms with van der Waals surface area (Å²) in [5.41, 5.74) is 4.91. The molecule has 0 saturated carbocycles. The maximum Gasteiger partial charge on any atom is 0.416 e. The van der Waals surface area contributed by atoms with Crippen LogP contribution in [0.4, 0.5) is 13.2 Å². The van der Waals surface area contributed by atoms with E-state index in [0.29, 0.717) is 58.6 Å². The molecule has 0 spiro atoms. The first kappa shape index (κ1) is 20.4. The van der Waals surface area contributed by atoms with Gasteiger partial charge in [-0.25, -0.2) is 4.99 Å². The van der Waals surface area contributed by atoms with Crippen molar-refractivity contribution in [3.05, 3.63) is 23.4 Å². The van der Waals surface area contributed by atoms with Gasteiger partial charge in [-0.05, 0) is 6.08 Å². The number of aliphatic imine (C=N–C) groups is 1. The number of nitrogens with two attached hydrogens (primary N) is 1. The van der Waals surface area contributed by atoms with Gasteiger partial charge in [0.15, 0.2) is 5.96 Å². The van der Waals surface area contributed by atoms with Gasteiger partial charge in [-0.1, -0.05) is 0 Å². The van der Waals surface area contributed by atoms with Crippen molar-refractivity contribution >= 4 is 5.96 Å². The second kappa shape index (κ2) is 8.48. The predicted octanol–water partition coefficient (Wildman–Crippen LogP) is -0.930. The maximum absolute atomic E-state index is 13.7. The van der Waals surface area contributed by atoms with Gasteiger partial charge in [0.1, 0.15) is 12.5 Å². The monoisotopic (exact) mass is 417 g/mol. The van der Waals surface area contributed by atoms with Crippen molar-refractivity contribution in [2.24, 2.45) is 10.7 Å². The average Bonchev–Trinajstić information content (AvgIpc) is 2.74. The van der Waals surface area contributed by atoms with Gasteiger partial charge in [0.2, 0.25) is 0 Å². The first-order valence-corrected chi connectivity index (χ1v) is 9.68. The molecule has 2 saturated heterocycles. The summed E-state index contributed by atoms with van der Waals surface area (Å²) in [6.45, 7) is 4.82. The van der Waals surface area contributed by atoms with Crippen LogP contribution < -0.4 is 21.7 Å². The summed E-state index contributed by atoms with van der Waals surface area (Å²) in [5.74, 6) is 0.561. The lowest BCUT2D eigenvalue weighted by atomic mass is 10.00. The number of hydrogen-bond donors (Lipinski definition) is 4. The molecule has 0 amide bonds. The number of guanidine groups is 1. The number of morpholine rings is 2. The highest BCUT2D eigenvalue weighted by atomic mass is 19.4. The topological polar surface area (TPSA) is 99.4 Å². The normalized spacial score (nSPS) is 31.9. The van der Waals surface area contributed by atoms with E-state index in [1.165, 1.54) is 6.20 Å². The SMILES string of the molecule is NC1C=C(C(F)(F)F)C(C2N=C(N3CCOCC3)NC(N3CCOCC3)N2)=CN1. The molecular formula is C17H26F3N7O2. The Morgan fingerprint density at radius 2 is 1.72 bits per heavy atom. The van der Waals surface area contributed by atoms with E-state index in [0.717, 1.165) is 6.08 Å². The van der Waals surface area contributed by atoms with Crippen LogP contribution in [-0.2, 0) is 9.47 Å². The third-order valence-electron chi connectivity index (χ3n) is 5.24. The highest BCUT2D eigenvalue weighted by molar-refractivity contribution is 5.81. The van der Waals surface area contributed by atoms with Gasteiger partial charge in [0.25, 0.3) is 0 Å². The van der Waals surface area contributed by atoms with Crippen LogP contribution in [0.3, 0.4) is 0 Å². The van der Waals surface area contributed by atoms with E-state index in [-0.39, 0.29) is 11.9 Å². The van der Waals surface area contributed by atoms with E-state index < -0.39 is 24.1 Å². The number of hydrogen-bond acceptors (Lipinski definition) is 9. The number of nitrogens with zero attached hydrogens (tertiary/aromatic N) is 3. The molecule has 0 aromatic carbocycles. The van der Waals surface area contributed by atoms with Crippen molar-refractivity contribution in [3.63, 3.8) is 0 Å². The number of nitrogens with one attached hydrogen (secondary N) is 3. The molecule has 0 aliphatic carbocycles. The largest absolute Gasteiger partial charge is 0.416 e. The van der Waals surface area contributed by atoms with Crippen LogP contribution in [0.1, 0.15) is 0 Å². The van der Waals surface area contributed by atoms with Crippen LogP contribution in [0.25, 0.3) is 0 Å². The summed E-state index contributed by atoms with van der Waals surface area (Å²) in [6, 6.07) is 0. The molecule has 5 N–H and O–H groups in total. The van der Waals surface area contributed by atoms with Crippen molar-refractivity contribution in [1.29, 1.82) is 0 Å². The van der Waals surface area contributed by atoms with E-state index in [1.54, 1.807) is 0 Å². The molecule has 0 aromatic heterocycles. The summed E-state index contributed by atoms with van der Waals surface area (Å²) in [6.07, 6.45) is -4.36. The third-order valence-corrected chi connectivity index (χ3v) is 5.24. The van der Waals surface area contributed by atoms with E-state index in [2.05, 4.69) is 25.8 Å². The summed E-state index contributed by atoms with van der Waals surface area (Å²) >= 11 is 0. The Morgan fingerprint density at radius 1 is 1.07 bits per heavy atom. The minimum absolute atomic E-state index is 0.0183. The zero-order chi connectivity index (χ0) is 20.4. The lowest BCUT2D eigenvalue weighted by Crippen LogP contribution is -2.67. The van der Waals surface area contributed by atoms with Gasteiger partial charge in [-0.15, -0.1) is 0 Å². The summed E-state index contributed by atoms with van der Waals surface area (Å²) in [5, 5.41) is 9.30. The smallest absolute Gasteiger partial charge is 0.379 e. The van der Waals surface area contributed by atoms with Crippen LogP contribution >= 0.6 is 0 Å². The molecule has 0 radical (unpaired) electrons. The Morgan fingerprint density at radius 3 is 2.38 bits per heavy atom. The van der Waals surface area contributed by atoms with E-state index in [9.17, 15) is 13.2 Å². The molecule has 162 valence electrons. The number of alkyl halides is 3. The summed E-state index contributed by atoms with van der Waals surface area (Å²) in [4.78, 5) is 8.69.